The van der Waals surface area contributed by atoms with Crippen LogP contribution in [0.4, 0.5) is 0 Å². The van der Waals surface area contributed by atoms with Crippen LogP contribution in [0.25, 0.3) is 33.7 Å². The highest BCUT2D eigenvalue weighted by atomic mass is 16.5. The summed E-state index contributed by atoms with van der Waals surface area (Å²) in [5, 5.41) is 14.5. The molecule has 0 radical (unpaired) electrons. The molecular weight excluding hydrogens is 560 g/mol. The van der Waals surface area contributed by atoms with E-state index >= 15 is 0 Å². The third kappa shape index (κ3) is 5.24. The highest BCUT2D eigenvalue weighted by Crippen LogP contribution is 2.35. The van der Waals surface area contributed by atoms with Gasteiger partial charge in [0.2, 0.25) is 5.82 Å². The highest BCUT2D eigenvalue weighted by molar-refractivity contribution is 5.80. The lowest BCUT2D eigenvalue weighted by Crippen LogP contribution is -2.42. The molecule has 3 aromatic heterocycles. The molecule has 0 spiro atoms. The second-order valence-corrected chi connectivity index (χ2v) is 11.8. The number of ether oxygens (including phenoxy) is 1. The van der Waals surface area contributed by atoms with E-state index in [1.165, 1.54) is 13.5 Å². The molecule has 226 valence electrons. The second kappa shape index (κ2) is 11.7. The van der Waals surface area contributed by atoms with Crippen molar-refractivity contribution in [2.45, 2.75) is 70.5 Å². The lowest BCUT2D eigenvalue weighted by Gasteiger charge is -2.22. The summed E-state index contributed by atoms with van der Waals surface area (Å²) in [4.78, 5) is 45.0. The Morgan fingerprint density at radius 1 is 0.932 bits per heavy atom. The number of nitrogens with zero attached hydrogens (tertiary/aromatic N) is 7. The number of aromatic nitrogens is 8. The Bertz CT molecular complexity index is 1930. The summed E-state index contributed by atoms with van der Waals surface area (Å²) in [6.07, 6.45) is 7.41. The number of H-pyrrole nitrogens is 1. The molecule has 3 heterocycles. The zero-order chi connectivity index (χ0) is 30.2. The third-order valence-corrected chi connectivity index (χ3v) is 8.89. The van der Waals surface area contributed by atoms with E-state index in [1.807, 2.05) is 53.1 Å². The van der Waals surface area contributed by atoms with Crippen LogP contribution < -0.4 is 11.2 Å². The van der Waals surface area contributed by atoms with Gasteiger partial charge in [-0.15, -0.1) is 10.2 Å². The lowest BCUT2D eigenvalue weighted by molar-refractivity contribution is -0.141. The Hall–Kier alpha value is -4.87. The van der Waals surface area contributed by atoms with E-state index in [1.54, 1.807) is 4.57 Å². The topological polar surface area (TPSA) is 143 Å². The van der Waals surface area contributed by atoms with Gasteiger partial charge in [-0.05, 0) is 53.5 Å². The number of imidazole rings is 1. The van der Waals surface area contributed by atoms with Crippen molar-refractivity contribution in [1.29, 1.82) is 0 Å². The molecule has 7 rings (SSSR count). The fourth-order valence-electron chi connectivity index (χ4n) is 6.37. The minimum atomic E-state index is -0.642. The molecule has 2 saturated carbocycles. The van der Waals surface area contributed by atoms with Crippen molar-refractivity contribution in [3.63, 3.8) is 0 Å². The molecule has 5 aromatic rings. The number of carbonyl (C=O) groups is 1. The maximum absolute atomic E-state index is 14.0. The van der Waals surface area contributed by atoms with Crippen molar-refractivity contribution >= 4 is 17.1 Å². The van der Waals surface area contributed by atoms with Crippen molar-refractivity contribution in [1.82, 2.24) is 39.3 Å². The van der Waals surface area contributed by atoms with Gasteiger partial charge < -0.3 is 9.30 Å². The van der Waals surface area contributed by atoms with Crippen molar-refractivity contribution in [3.05, 3.63) is 80.8 Å². The van der Waals surface area contributed by atoms with Gasteiger partial charge in [-0.2, -0.15) is 5.21 Å². The minimum Gasteiger partial charge on any atom is -0.468 e. The molecule has 0 saturated heterocycles. The molecule has 0 bridgehead atoms. The van der Waals surface area contributed by atoms with Crippen molar-refractivity contribution < 1.29 is 9.53 Å². The number of aromatic amines is 1. The van der Waals surface area contributed by atoms with Crippen LogP contribution in [0.2, 0.25) is 0 Å². The number of esters is 1. The van der Waals surface area contributed by atoms with Crippen molar-refractivity contribution in [3.8, 4) is 22.5 Å². The maximum Gasteiger partial charge on any atom is 0.333 e. The van der Waals surface area contributed by atoms with Gasteiger partial charge in [0.05, 0.1) is 7.11 Å². The number of hydrogen-bond acceptors (Lipinski definition) is 8. The van der Waals surface area contributed by atoms with Crippen molar-refractivity contribution in [2.24, 2.45) is 5.92 Å². The SMILES string of the molecule is COC(=O)Cn1c(=O)c2c(nc(C3CCCCC3)n2Cc2ccc(-c3ccccc3-c3nn[nH]n3)cc2)n(CC2CC2)c1=O. The fourth-order valence-corrected chi connectivity index (χ4v) is 6.37. The summed E-state index contributed by atoms with van der Waals surface area (Å²) >= 11 is 0. The summed E-state index contributed by atoms with van der Waals surface area (Å²) in [6.45, 7) is 0.448. The molecule has 1 N–H and O–H groups in total. The second-order valence-electron chi connectivity index (χ2n) is 11.8. The van der Waals surface area contributed by atoms with E-state index in [-0.39, 0.29) is 5.92 Å². The number of methoxy groups -OCH3 is 1. The molecule has 2 aliphatic carbocycles. The smallest absolute Gasteiger partial charge is 0.333 e. The van der Waals surface area contributed by atoms with Crippen LogP contribution in [0.1, 0.15) is 62.3 Å². The van der Waals surface area contributed by atoms with E-state index in [9.17, 15) is 14.4 Å². The van der Waals surface area contributed by atoms with Crippen LogP contribution >= 0.6 is 0 Å². The molecule has 2 fully saturated rings. The normalized spacial score (nSPS) is 15.6. The fraction of sp³-hybridized carbons (Fsp3) is 0.406. The Morgan fingerprint density at radius 3 is 2.36 bits per heavy atom. The van der Waals surface area contributed by atoms with Gasteiger partial charge in [0.25, 0.3) is 5.56 Å². The Labute approximate surface area is 252 Å². The number of tetrazole rings is 1. The number of carbonyl (C=O) groups excluding carboxylic acids is 1. The molecule has 0 atom stereocenters. The zero-order valence-electron chi connectivity index (χ0n) is 24.6. The van der Waals surface area contributed by atoms with E-state index in [0.29, 0.717) is 36.0 Å². The molecule has 0 aliphatic heterocycles. The van der Waals surface area contributed by atoms with Gasteiger partial charge in [0.15, 0.2) is 11.2 Å². The molecule has 12 nitrogen and oxygen atoms in total. The summed E-state index contributed by atoms with van der Waals surface area (Å²) in [5.74, 6) is 1.27. The van der Waals surface area contributed by atoms with E-state index < -0.39 is 23.8 Å². The Morgan fingerprint density at radius 2 is 1.68 bits per heavy atom. The molecule has 0 amide bonds. The van der Waals surface area contributed by atoms with Crippen LogP contribution in [0.15, 0.2) is 58.1 Å². The van der Waals surface area contributed by atoms with Crippen LogP contribution in [0.3, 0.4) is 0 Å². The van der Waals surface area contributed by atoms with Crippen LogP contribution in [0.5, 0.6) is 0 Å². The van der Waals surface area contributed by atoms with Gasteiger partial charge >= 0.3 is 11.7 Å². The lowest BCUT2D eigenvalue weighted by atomic mass is 9.88. The third-order valence-electron chi connectivity index (χ3n) is 8.89. The number of hydrogen-bond donors (Lipinski definition) is 1. The first-order chi connectivity index (χ1) is 21.5. The first-order valence-electron chi connectivity index (χ1n) is 15.2. The average Bonchev–Trinajstić information content (AvgIpc) is 3.56. The zero-order valence-corrected chi connectivity index (χ0v) is 24.6. The average molecular weight is 595 g/mol. The standard InChI is InChI=1S/C32H34N8O4/c1-44-26(41)19-40-31(42)27-30(39(32(40)43)18-20-11-12-20)33-29(23-7-3-2-4-8-23)38(27)17-21-13-15-22(16-14-21)24-9-5-6-10-25(24)28-34-36-37-35-28/h5-6,9-10,13-16,20,23H,2-4,7-8,11-12,17-19H2,1H3,(H,34,35,36,37). The Kier molecular flexibility index (Phi) is 7.41. The summed E-state index contributed by atoms with van der Waals surface area (Å²) < 4.78 is 9.45. The first-order valence-corrected chi connectivity index (χ1v) is 15.2. The minimum absolute atomic E-state index is 0.190. The van der Waals surface area contributed by atoms with E-state index in [2.05, 4.69) is 20.6 Å². The van der Waals surface area contributed by atoms with E-state index in [4.69, 9.17) is 9.72 Å². The molecule has 2 aromatic carbocycles. The van der Waals surface area contributed by atoms with Gasteiger partial charge in [-0.3, -0.25) is 14.2 Å². The largest absolute Gasteiger partial charge is 0.468 e. The van der Waals surface area contributed by atoms with Gasteiger partial charge in [0, 0.05) is 24.6 Å². The predicted octanol–water partition coefficient (Wildman–Crippen LogP) is 3.89. The molecule has 44 heavy (non-hydrogen) atoms. The number of nitrogens with one attached hydrogen (secondary N) is 1. The van der Waals surface area contributed by atoms with E-state index in [0.717, 1.165) is 71.2 Å². The van der Waals surface area contributed by atoms with Crippen LogP contribution in [-0.4, -0.2) is 52.4 Å². The summed E-state index contributed by atoms with van der Waals surface area (Å²) in [5.41, 5.74) is 3.59. The molecule has 2 aliphatic rings. The van der Waals surface area contributed by atoms with Gasteiger partial charge in [-0.1, -0.05) is 67.8 Å². The summed E-state index contributed by atoms with van der Waals surface area (Å²) in [7, 11) is 1.25. The quantitative estimate of drug-likeness (QED) is 0.253. The van der Waals surface area contributed by atoms with Gasteiger partial charge in [0.1, 0.15) is 12.4 Å². The van der Waals surface area contributed by atoms with Crippen LogP contribution in [0, 0.1) is 5.92 Å². The van der Waals surface area contributed by atoms with Crippen molar-refractivity contribution in [2.75, 3.05) is 7.11 Å². The summed E-state index contributed by atoms with van der Waals surface area (Å²) in [6, 6.07) is 16.1. The Balaban J connectivity index is 1.34. The maximum atomic E-state index is 14.0. The molecule has 0 unspecified atom stereocenters. The number of rotatable bonds is 9. The molecular formula is C32H34N8O4. The van der Waals surface area contributed by atoms with Gasteiger partial charge in [-0.25, -0.2) is 14.3 Å². The first kappa shape index (κ1) is 27.9. The van der Waals surface area contributed by atoms with Crippen LogP contribution in [-0.2, 0) is 29.2 Å². The monoisotopic (exact) mass is 594 g/mol. The highest BCUT2D eigenvalue weighted by Gasteiger charge is 2.30. The number of fused-ring (bicyclic) bond motifs is 1. The predicted molar refractivity (Wildman–Crippen MR) is 163 cm³/mol. The number of benzene rings is 2. The molecule has 12 heteroatoms.